The molecule has 204 valence electrons. The van der Waals surface area contributed by atoms with Crippen molar-refractivity contribution >= 4 is 12.1 Å². The molecule has 0 heterocycles. The Morgan fingerprint density at radius 2 is 1.60 bits per heavy atom. The molecule has 1 aliphatic rings. The molecule has 0 radical (unpaired) electrons. The number of carbonyl (C=O) groups excluding carboxylic acids is 1. The maximum absolute atomic E-state index is 13.6. The number of carbonyl (C=O) groups is 2. The molecule has 1 amide bonds. The van der Waals surface area contributed by atoms with Crippen LogP contribution in [0.1, 0.15) is 28.2 Å². The molecule has 0 bridgehead atoms. The van der Waals surface area contributed by atoms with Crippen LogP contribution >= 0.6 is 0 Å². The summed E-state index contributed by atoms with van der Waals surface area (Å²) >= 11 is 0. The first kappa shape index (κ1) is 26.7. The van der Waals surface area contributed by atoms with Gasteiger partial charge in [-0.2, -0.15) is 0 Å². The molecule has 40 heavy (non-hydrogen) atoms. The third-order valence-electron chi connectivity index (χ3n) is 6.91. The Morgan fingerprint density at radius 1 is 0.925 bits per heavy atom. The zero-order valence-corrected chi connectivity index (χ0v) is 21.8. The second kappa shape index (κ2) is 11.9. The van der Waals surface area contributed by atoms with Gasteiger partial charge in [-0.25, -0.2) is 14.0 Å². The van der Waals surface area contributed by atoms with Gasteiger partial charge < -0.3 is 24.6 Å². The van der Waals surface area contributed by atoms with Crippen LogP contribution < -0.4 is 14.8 Å². The third-order valence-corrected chi connectivity index (χ3v) is 6.91. The zero-order chi connectivity index (χ0) is 28.1. The topological polar surface area (TPSA) is 94.1 Å². The molecule has 8 heteroatoms. The standard InChI is InChI=1S/C32H28FNO6/c1-38-29-15-7-9-21(30(29)39-18-20-8-6-10-22(33)16-20)17-28(31(35)36)34-32(37)40-19-27-25-13-4-2-11-23(25)24-12-3-5-14-26(24)27/h2-16,27-28H,17-19H2,1H3,(H,34,37)(H,35,36). The lowest BCUT2D eigenvalue weighted by Crippen LogP contribution is -2.43. The summed E-state index contributed by atoms with van der Waals surface area (Å²) in [7, 11) is 1.47. The summed E-state index contributed by atoms with van der Waals surface area (Å²) < 4.78 is 30.5. The molecule has 7 nitrogen and oxygen atoms in total. The van der Waals surface area contributed by atoms with Crippen LogP contribution in [0.25, 0.3) is 11.1 Å². The number of methoxy groups -OCH3 is 1. The average molecular weight is 542 g/mol. The summed E-state index contributed by atoms with van der Waals surface area (Å²) in [4.78, 5) is 24.9. The van der Waals surface area contributed by atoms with Crippen molar-refractivity contribution in [2.45, 2.75) is 25.0 Å². The van der Waals surface area contributed by atoms with E-state index in [1.54, 1.807) is 30.3 Å². The lowest BCUT2D eigenvalue weighted by atomic mass is 9.98. The Labute approximate surface area is 231 Å². The van der Waals surface area contributed by atoms with E-state index in [1.165, 1.54) is 19.2 Å². The summed E-state index contributed by atoms with van der Waals surface area (Å²) in [5, 5.41) is 12.4. The minimum Gasteiger partial charge on any atom is -0.493 e. The monoisotopic (exact) mass is 541 g/mol. The van der Waals surface area contributed by atoms with Gasteiger partial charge in [0.25, 0.3) is 0 Å². The molecule has 0 saturated heterocycles. The van der Waals surface area contributed by atoms with E-state index >= 15 is 0 Å². The fourth-order valence-corrected chi connectivity index (χ4v) is 5.03. The van der Waals surface area contributed by atoms with Crippen molar-refractivity contribution in [2.75, 3.05) is 13.7 Å². The van der Waals surface area contributed by atoms with E-state index in [-0.39, 0.29) is 31.4 Å². The number of hydrogen-bond acceptors (Lipinski definition) is 5. The normalized spacial score (nSPS) is 12.7. The fraction of sp³-hybridized carbons (Fsp3) is 0.188. The van der Waals surface area contributed by atoms with Gasteiger partial charge in [0.1, 0.15) is 25.1 Å². The van der Waals surface area contributed by atoms with Gasteiger partial charge in [0.2, 0.25) is 0 Å². The lowest BCUT2D eigenvalue weighted by molar-refractivity contribution is -0.139. The minimum absolute atomic E-state index is 0.0443. The first-order chi connectivity index (χ1) is 19.4. The van der Waals surface area contributed by atoms with Gasteiger partial charge in [-0.05, 0) is 46.0 Å². The number of benzene rings is 4. The quantitative estimate of drug-likeness (QED) is 0.258. The number of alkyl carbamates (subject to hydrolysis) is 1. The van der Waals surface area contributed by atoms with E-state index in [9.17, 15) is 19.1 Å². The molecular weight excluding hydrogens is 513 g/mol. The number of para-hydroxylation sites is 1. The molecule has 1 aliphatic carbocycles. The summed E-state index contributed by atoms with van der Waals surface area (Å²) in [6, 6.07) is 25.7. The SMILES string of the molecule is COc1cccc(CC(NC(=O)OCC2c3ccccc3-c3ccccc32)C(=O)O)c1OCc1cccc(F)c1. The smallest absolute Gasteiger partial charge is 0.407 e. The van der Waals surface area contributed by atoms with Crippen molar-refractivity contribution in [3.05, 3.63) is 119 Å². The number of amides is 1. The second-order valence-electron chi connectivity index (χ2n) is 9.43. The molecule has 0 aliphatic heterocycles. The first-order valence-electron chi connectivity index (χ1n) is 12.8. The van der Waals surface area contributed by atoms with Crippen LogP contribution in [-0.4, -0.2) is 36.9 Å². The van der Waals surface area contributed by atoms with E-state index in [4.69, 9.17) is 14.2 Å². The minimum atomic E-state index is -1.29. The van der Waals surface area contributed by atoms with Gasteiger partial charge in [-0.3, -0.25) is 0 Å². The van der Waals surface area contributed by atoms with E-state index in [0.29, 0.717) is 22.6 Å². The summed E-state index contributed by atoms with van der Waals surface area (Å²) in [6.45, 7) is 0.107. The predicted molar refractivity (Wildman–Crippen MR) is 147 cm³/mol. The van der Waals surface area contributed by atoms with Crippen molar-refractivity contribution in [3.8, 4) is 22.6 Å². The van der Waals surface area contributed by atoms with E-state index in [0.717, 1.165) is 22.3 Å². The van der Waals surface area contributed by atoms with Gasteiger partial charge in [0.15, 0.2) is 11.5 Å². The van der Waals surface area contributed by atoms with Crippen LogP contribution in [0.2, 0.25) is 0 Å². The van der Waals surface area contributed by atoms with Gasteiger partial charge in [-0.1, -0.05) is 72.8 Å². The molecule has 5 rings (SSSR count). The highest BCUT2D eigenvalue weighted by Crippen LogP contribution is 2.44. The molecule has 1 unspecified atom stereocenters. The Bertz CT molecular complexity index is 1490. The predicted octanol–water partition coefficient (Wildman–Crippen LogP) is 5.95. The average Bonchev–Trinajstić information content (AvgIpc) is 3.28. The second-order valence-corrected chi connectivity index (χ2v) is 9.43. The van der Waals surface area contributed by atoms with Crippen molar-refractivity contribution in [2.24, 2.45) is 0 Å². The molecule has 0 fully saturated rings. The van der Waals surface area contributed by atoms with Crippen LogP contribution in [0, 0.1) is 5.82 Å². The third kappa shape index (κ3) is 5.76. The molecule has 2 N–H and O–H groups in total. The Hall–Kier alpha value is -4.85. The molecule has 4 aromatic rings. The maximum Gasteiger partial charge on any atom is 0.407 e. The molecular formula is C32H28FNO6. The summed E-state index contributed by atoms with van der Waals surface area (Å²) in [5.74, 6) is -1.07. The van der Waals surface area contributed by atoms with Crippen molar-refractivity contribution < 1.29 is 33.3 Å². The number of fused-ring (bicyclic) bond motifs is 3. The largest absolute Gasteiger partial charge is 0.493 e. The number of hydrogen-bond donors (Lipinski definition) is 2. The van der Waals surface area contributed by atoms with Crippen LogP contribution in [-0.2, 0) is 22.6 Å². The lowest BCUT2D eigenvalue weighted by Gasteiger charge is -2.20. The maximum atomic E-state index is 13.6. The number of ether oxygens (including phenoxy) is 3. The number of rotatable bonds is 10. The van der Waals surface area contributed by atoms with Crippen molar-refractivity contribution in [1.82, 2.24) is 5.32 Å². The van der Waals surface area contributed by atoms with Gasteiger partial charge in [0.05, 0.1) is 7.11 Å². The molecule has 0 spiro atoms. The van der Waals surface area contributed by atoms with Crippen LogP contribution in [0.3, 0.4) is 0 Å². The molecule has 0 saturated carbocycles. The number of nitrogens with one attached hydrogen (secondary N) is 1. The highest BCUT2D eigenvalue weighted by Gasteiger charge is 2.30. The van der Waals surface area contributed by atoms with Gasteiger partial charge in [-0.15, -0.1) is 0 Å². The molecule has 0 aromatic heterocycles. The number of aliphatic carboxylic acids is 1. The molecule has 4 aromatic carbocycles. The van der Waals surface area contributed by atoms with Gasteiger partial charge >= 0.3 is 12.1 Å². The highest BCUT2D eigenvalue weighted by atomic mass is 19.1. The Morgan fingerprint density at radius 3 is 2.25 bits per heavy atom. The first-order valence-corrected chi connectivity index (χ1v) is 12.8. The summed E-state index contributed by atoms with van der Waals surface area (Å²) in [5.41, 5.74) is 5.41. The number of halogens is 1. The van der Waals surface area contributed by atoms with Gasteiger partial charge in [0, 0.05) is 17.9 Å². The number of carboxylic acids is 1. The van der Waals surface area contributed by atoms with Crippen LogP contribution in [0.15, 0.2) is 91.0 Å². The van der Waals surface area contributed by atoms with Crippen molar-refractivity contribution in [1.29, 1.82) is 0 Å². The summed E-state index contributed by atoms with van der Waals surface area (Å²) in [6.07, 6.45) is -0.922. The zero-order valence-electron chi connectivity index (χ0n) is 21.8. The highest BCUT2D eigenvalue weighted by molar-refractivity contribution is 5.81. The number of carboxylic acid groups (broad SMARTS) is 1. The van der Waals surface area contributed by atoms with E-state index < -0.39 is 18.1 Å². The van der Waals surface area contributed by atoms with Crippen LogP contribution in [0.4, 0.5) is 9.18 Å². The van der Waals surface area contributed by atoms with E-state index in [1.807, 2.05) is 48.5 Å². The van der Waals surface area contributed by atoms with Crippen LogP contribution in [0.5, 0.6) is 11.5 Å². The Kier molecular flexibility index (Phi) is 7.96. The molecule has 1 atom stereocenters. The Balaban J connectivity index is 1.27. The van der Waals surface area contributed by atoms with Crippen molar-refractivity contribution in [3.63, 3.8) is 0 Å². The fourth-order valence-electron chi connectivity index (χ4n) is 5.03. The van der Waals surface area contributed by atoms with E-state index in [2.05, 4.69) is 5.32 Å².